The Morgan fingerprint density at radius 3 is 2.38 bits per heavy atom. The van der Waals surface area contributed by atoms with Gasteiger partial charge in [-0.05, 0) is 12.1 Å². The lowest BCUT2D eigenvalue weighted by Gasteiger charge is -2.18. The Kier molecular flexibility index (Phi) is 3.79. The van der Waals surface area contributed by atoms with Crippen molar-refractivity contribution in [3.05, 3.63) is 29.6 Å². The van der Waals surface area contributed by atoms with Gasteiger partial charge in [0.2, 0.25) is 6.43 Å². The van der Waals surface area contributed by atoms with Crippen molar-refractivity contribution in [1.82, 2.24) is 4.98 Å². The Balaban J connectivity index is 3.22. The van der Waals surface area contributed by atoms with Gasteiger partial charge in [0.25, 0.3) is 0 Å². The number of aromatic nitrogens is 1. The number of hydrogen-bond donors (Lipinski definition) is 1. The lowest BCUT2D eigenvalue weighted by molar-refractivity contribution is -0.139. The van der Waals surface area contributed by atoms with E-state index in [1.54, 1.807) is 0 Å². The second-order valence-electron chi connectivity index (χ2n) is 3.11. The molecule has 1 heterocycles. The monoisotopic (exact) mass is 240 g/mol. The van der Waals surface area contributed by atoms with Crippen LogP contribution in [0.2, 0.25) is 0 Å². The first-order chi connectivity index (χ1) is 7.38. The van der Waals surface area contributed by atoms with Gasteiger partial charge in [-0.15, -0.1) is 0 Å². The number of nitrogens with two attached hydrogens (primary N) is 1. The van der Waals surface area contributed by atoms with Crippen molar-refractivity contribution in [2.75, 3.05) is 6.54 Å². The van der Waals surface area contributed by atoms with Gasteiger partial charge in [0.1, 0.15) is 0 Å². The topological polar surface area (TPSA) is 38.9 Å². The molecule has 2 nitrogen and oxygen atoms in total. The highest BCUT2D eigenvalue weighted by Crippen LogP contribution is 2.35. The third kappa shape index (κ3) is 2.66. The zero-order valence-electron chi connectivity index (χ0n) is 8.01. The van der Waals surface area contributed by atoms with Crippen LogP contribution in [0.1, 0.15) is 17.2 Å². The maximum Gasteiger partial charge on any atom is 0.418 e. The Labute approximate surface area is 88.3 Å². The van der Waals surface area contributed by atoms with Gasteiger partial charge in [-0.3, -0.25) is 4.98 Å². The van der Waals surface area contributed by atoms with E-state index in [1.165, 1.54) is 0 Å². The summed E-state index contributed by atoms with van der Waals surface area (Å²) in [6.45, 7) is -0.586. The molecule has 0 radical (unpaired) electrons. The standard InChI is InChI=1S/C9H9F5N2/c10-8(11)5(4-15)7-6(9(12,13)14)2-1-3-16-7/h1-3,5,8H,4,15H2. The molecule has 0 aliphatic heterocycles. The summed E-state index contributed by atoms with van der Waals surface area (Å²) in [5, 5.41) is 0. The normalized spacial score (nSPS) is 14.2. The van der Waals surface area contributed by atoms with Gasteiger partial charge in [0.05, 0.1) is 17.2 Å². The number of halogens is 5. The SMILES string of the molecule is NCC(c1ncccc1C(F)(F)F)C(F)F. The highest BCUT2D eigenvalue weighted by Gasteiger charge is 2.37. The molecular weight excluding hydrogens is 231 g/mol. The van der Waals surface area contributed by atoms with Crippen LogP contribution >= 0.6 is 0 Å². The quantitative estimate of drug-likeness (QED) is 0.824. The van der Waals surface area contributed by atoms with Crippen molar-refractivity contribution < 1.29 is 22.0 Å². The van der Waals surface area contributed by atoms with E-state index in [4.69, 9.17) is 5.73 Å². The molecule has 1 atom stereocenters. The van der Waals surface area contributed by atoms with E-state index in [0.29, 0.717) is 6.07 Å². The van der Waals surface area contributed by atoms with Crippen molar-refractivity contribution in [3.8, 4) is 0 Å². The van der Waals surface area contributed by atoms with Crippen molar-refractivity contribution >= 4 is 0 Å². The molecule has 7 heteroatoms. The maximum atomic E-state index is 12.5. The molecule has 0 fully saturated rings. The van der Waals surface area contributed by atoms with Crippen molar-refractivity contribution in [3.63, 3.8) is 0 Å². The first kappa shape index (κ1) is 12.8. The lowest BCUT2D eigenvalue weighted by atomic mass is 10.0. The molecule has 90 valence electrons. The summed E-state index contributed by atoms with van der Waals surface area (Å²) in [7, 11) is 0. The molecule has 0 aliphatic carbocycles. The molecule has 0 aromatic carbocycles. The molecule has 1 aromatic rings. The van der Waals surface area contributed by atoms with E-state index < -0.39 is 36.3 Å². The van der Waals surface area contributed by atoms with Gasteiger partial charge in [0, 0.05) is 12.7 Å². The zero-order chi connectivity index (χ0) is 12.3. The van der Waals surface area contributed by atoms with Crippen LogP contribution in [-0.4, -0.2) is 18.0 Å². The molecule has 1 aromatic heterocycles. The van der Waals surface area contributed by atoms with Crippen LogP contribution in [0, 0.1) is 0 Å². The minimum atomic E-state index is -4.70. The average Bonchev–Trinajstić information content (AvgIpc) is 2.17. The van der Waals surface area contributed by atoms with Crippen LogP contribution in [0.5, 0.6) is 0 Å². The second-order valence-corrected chi connectivity index (χ2v) is 3.11. The molecule has 1 unspecified atom stereocenters. The van der Waals surface area contributed by atoms with E-state index in [-0.39, 0.29) is 0 Å². The molecule has 1 rings (SSSR count). The molecule has 0 saturated carbocycles. The van der Waals surface area contributed by atoms with Crippen LogP contribution in [-0.2, 0) is 6.18 Å². The van der Waals surface area contributed by atoms with E-state index in [9.17, 15) is 22.0 Å². The van der Waals surface area contributed by atoms with E-state index in [1.807, 2.05) is 0 Å². The number of nitrogens with zero attached hydrogens (tertiary/aromatic N) is 1. The van der Waals surface area contributed by atoms with Crippen molar-refractivity contribution in [1.29, 1.82) is 0 Å². The molecule has 0 spiro atoms. The Bertz CT molecular complexity index is 350. The fourth-order valence-electron chi connectivity index (χ4n) is 1.29. The molecule has 0 amide bonds. The van der Waals surface area contributed by atoms with E-state index in [2.05, 4.69) is 4.98 Å². The third-order valence-electron chi connectivity index (χ3n) is 2.05. The Morgan fingerprint density at radius 2 is 1.94 bits per heavy atom. The molecule has 2 N–H and O–H groups in total. The maximum absolute atomic E-state index is 12.5. The van der Waals surface area contributed by atoms with Gasteiger partial charge >= 0.3 is 6.18 Å². The van der Waals surface area contributed by atoms with Crippen LogP contribution in [0.3, 0.4) is 0 Å². The predicted octanol–water partition coefficient (Wildman–Crippen LogP) is 2.41. The summed E-state index contributed by atoms with van der Waals surface area (Å²) in [6.07, 6.45) is -6.64. The fraction of sp³-hybridized carbons (Fsp3) is 0.444. The number of alkyl halides is 5. The largest absolute Gasteiger partial charge is 0.418 e. The van der Waals surface area contributed by atoms with Gasteiger partial charge in [-0.1, -0.05) is 0 Å². The number of pyridine rings is 1. The zero-order valence-corrected chi connectivity index (χ0v) is 8.01. The molecular formula is C9H9F5N2. The van der Waals surface area contributed by atoms with Crippen LogP contribution < -0.4 is 5.73 Å². The summed E-state index contributed by atoms with van der Waals surface area (Å²) in [6, 6.07) is 1.76. The summed E-state index contributed by atoms with van der Waals surface area (Å²) in [5.41, 5.74) is 3.17. The van der Waals surface area contributed by atoms with Gasteiger partial charge in [0.15, 0.2) is 0 Å². The van der Waals surface area contributed by atoms with Crippen molar-refractivity contribution in [2.45, 2.75) is 18.5 Å². The first-order valence-corrected chi connectivity index (χ1v) is 4.38. The summed E-state index contributed by atoms with van der Waals surface area (Å²) in [4.78, 5) is 3.36. The first-order valence-electron chi connectivity index (χ1n) is 4.38. The minimum absolute atomic E-state index is 0.586. The summed E-state index contributed by atoms with van der Waals surface area (Å²) >= 11 is 0. The third-order valence-corrected chi connectivity index (χ3v) is 2.05. The highest BCUT2D eigenvalue weighted by molar-refractivity contribution is 5.27. The molecule has 16 heavy (non-hydrogen) atoms. The van der Waals surface area contributed by atoms with Crippen LogP contribution in [0.4, 0.5) is 22.0 Å². The molecule has 0 bridgehead atoms. The second kappa shape index (κ2) is 4.73. The lowest BCUT2D eigenvalue weighted by Crippen LogP contribution is -2.24. The van der Waals surface area contributed by atoms with Crippen LogP contribution in [0.25, 0.3) is 0 Å². The number of rotatable bonds is 3. The summed E-state index contributed by atoms with van der Waals surface area (Å²) < 4.78 is 62.4. The molecule has 0 aliphatic rings. The summed E-state index contributed by atoms with van der Waals surface area (Å²) in [5.74, 6) is -1.70. The Hall–Kier alpha value is -1.24. The van der Waals surface area contributed by atoms with Gasteiger partial charge in [-0.25, -0.2) is 8.78 Å². The average molecular weight is 240 g/mol. The number of hydrogen-bond acceptors (Lipinski definition) is 2. The van der Waals surface area contributed by atoms with Gasteiger partial charge in [-0.2, -0.15) is 13.2 Å². The molecule has 0 saturated heterocycles. The fourth-order valence-corrected chi connectivity index (χ4v) is 1.29. The predicted molar refractivity (Wildman–Crippen MR) is 47.0 cm³/mol. The van der Waals surface area contributed by atoms with Gasteiger partial charge < -0.3 is 5.73 Å². The van der Waals surface area contributed by atoms with Crippen molar-refractivity contribution in [2.24, 2.45) is 5.73 Å². The van der Waals surface area contributed by atoms with E-state index >= 15 is 0 Å². The van der Waals surface area contributed by atoms with Crippen LogP contribution in [0.15, 0.2) is 18.3 Å². The minimum Gasteiger partial charge on any atom is -0.330 e. The smallest absolute Gasteiger partial charge is 0.330 e. The van der Waals surface area contributed by atoms with E-state index in [0.717, 1.165) is 12.3 Å². The Morgan fingerprint density at radius 1 is 1.31 bits per heavy atom. The highest BCUT2D eigenvalue weighted by atomic mass is 19.4.